The van der Waals surface area contributed by atoms with Gasteiger partial charge in [0.2, 0.25) is 5.91 Å². The fourth-order valence-electron chi connectivity index (χ4n) is 1.35. The highest BCUT2D eigenvalue weighted by molar-refractivity contribution is 5.96. The van der Waals surface area contributed by atoms with Crippen molar-refractivity contribution in [1.82, 2.24) is 5.32 Å². The largest absolute Gasteiger partial charge is 0.444 e. The number of para-hydroxylation sites is 1. The predicted molar refractivity (Wildman–Crippen MR) is 73.9 cm³/mol. The molecule has 0 aliphatic heterocycles. The first-order valence-corrected chi connectivity index (χ1v) is 6.24. The van der Waals surface area contributed by atoms with Crippen LogP contribution in [0.3, 0.4) is 0 Å². The topological polar surface area (TPSA) is 67.4 Å². The SMILES string of the molecule is CC(NC(=O)OC(C)(C)C)C(=O)Nc1ccccc1F. The number of nitrogens with one attached hydrogen (secondary N) is 2. The lowest BCUT2D eigenvalue weighted by molar-refractivity contribution is -0.117. The summed E-state index contributed by atoms with van der Waals surface area (Å²) >= 11 is 0. The number of carbonyl (C=O) groups excluding carboxylic acids is 2. The van der Waals surface area contributed by atoms with Crippen molar-refractivity contribution in [2.24, 2.45) is 0 Å². The highest BCUT2D eigenvalue weighted by Crippen LogP contribution is 2.12. The molecular weight excluding hydrogens is 263 g/mol. The molecule has 0 heterocycles. The molecule has 0 bridgehead atoms. The number of hydrogen-bond donors (Lipinski definition) is 2. The molecule has 0 aromatic heterocycles. The van der Waals surface area contributed by atoms with Crippen LogP contribution in [0.15, 0.2) is 24.3 Å². The molecular formula is C14H19FN2O3. The Morgan fingerprint density at radius 2 is 1.85 bits per heavy atom. The summed E-state index contributed by atoms with van der Waals surface area (Å²) in [5.41, 5.74) is -0.582. The van der Waals surface area contributed by atoms with Gasteiger partial charge in [-0.25, -0.2) is 9.18 Å². The van der Waals surface area contributed by atoms with Crippen LogP contribution in [0.4, 0.5) is 14.9 Å². The van der Waals surface area contributed by atoms with Crippen LogP contribution in [0, 0.1) is 5.82 Å². The van der Waals surface area contributed by atoms with Gasteiger partial charge in [-0.1, -0.05) is 12.1 Å². The molecule has 0 saturated carbocycles. The van der Waals surface area contributed by atoms with Crippen molar-refractivity contribution in [2.75, 3.05) is 5.32 Å². The lowest BCUT2D eigenvalue weighted by Crippen LogP contribution is -2.44. The van der Waals surface area contributed by atoms with Crippen molar-refractivity contribution in [3.05, 3.63) is 30.1 Å². The van der Waals surface area contributed by atoms with Crippen LogP contribution in [0.2, 0.25) is 0 Å². The Morgan fingerprint density at radius 3 is 2.40 bits per heavy atom. The Labute approximate surface area is 117 Å². The smallest absolute Gasteiger partial charge is 0.408 e. The van der Waals surface area contributed by atoms with Gasteiger partial charge in [0.25, 0.3) is 0 Å². The number of ether oxygens (including phenoxy) is 1. The van der Waals surface area contributed by atoms with Crippen LogP contribution in [0.5, 0.6) is 0 Å². The van der Waals surface area contributed by atoms with Crippen molar-refractivity contribution in [1.29, 1.82) is 0 Å². The summed E-state index contributed by atoms with van der Waals surface area (Å²) in [7, 11) is 0. The molecule has 1 rings (SSSR count). The standard InChI is InChI=1S/C14H19FN2O3/c1-9(16-13(19)20-14(2,3)4)12(18)17-11-8-6-5-7-10(11)15/h5-9H,1-4H3,(H,16,19)(H,17,18). The van der Waals surface area contributed by atoms with Crippen LogP contribution in [0.25, 0.3) is 0 Å². The summed E-state index contributed by atoms with van der Waals surface area (Å²) in [5, 5.41) is 4.77. The van der Waals surface area contributed by atoms with E-state index < -0.39 is 29.5 Å². The molecule has 0 aliphatic rings. The average molecular weight is 282 g/mol. The fourth-order valence-corrected chi connectivity index (χ4v) is 1.35. The summed E-state index contributed by atoms with van der Waals surface area (Å²) < 4.78 is 18.4. The van der Waals surface area contributed by atoms with Crippen molar-refractivity contribution in [3.8, 4) is 0 Å². The van der Waals surface area contributed by atoms with Gasteiger partial charge in [0.05, 0.1) is 5.69 Å². The molecule has 0 spiro atoms. The molecule has 0 saturated heterocycles. The van der Waals surface area contributed by atoms with Crippen LogP contribution < -0.4 is 10.6 Å². The molecule has 1 aromatic carbocycles. The molecule has 5 nitrogen and oxygen atoms in total. The minimum absolute atomic E-state index is 0.0651. The summed E-state index contributed by atoms with van der Waals surface area (Å²) in [6, 6.07) is 4.96. The Morgan fingerprint density at radius 1 is 1.25 bits per heavy atom. The minimum Gasteiger partial charge on any atom is -0.444 e. The van der Waals surface area contributed by atoms with Crippen molar-refractivity contribution in [2.45, 2.75) is 39.3 Å². The fraction of sp³-hybridized carbons (Fsp3) is 0.429. The maximum absolute atomic E-state index is 13.4. The third-order valence-electron chi connectivity index (χ3n) is 2.26. The molecule has 0 fully saturated rings. The number of benzene rings is 1. The van der Waals surface area contributed by atoms with Crippen LogP contribution >= 0.6 is 0 Å². The zero-order chi connectivity index (χ0) is 15.3. The monoisotopic (exact) mass is 282 g/mol. The third-order valence-corrected chi connectivity index (χ3v) is 2.26. The molecule has 1 unspecified atom stereocenters. The lowest BCUT2D eigenvalue weighted by Gasteiger charge is -2.21. The lowest BCUT2D eigenvalue weighted by atomic mass is 10.2. The quantitative estimate of drug-likeness (QED) is 0.895. The number of rotatable bonds is 3. The Kier molecular flexibility index (Phi) is 5.07. The number of carbonyl (C=O) groups is 2. The van der Waals surface area contributed by atoms with E-state index in [0.717, 1.165) is 0 Å². The van der Waals surface area contributed by atoms with E-state index in [0.29, 0.717) is 0 Å². The Balaban J connectivity index is 2.56. The van der Waals surface area contributed by atoms with Crippen LogP contribution in [-0.4, -0.2) is 23.6 Å². The second-order valence-electron chi connectivity index (χ2n) is 5.34. The maximum atomic E-state index is 13.4. The summed E-state index contributed by atoms with van der Waals surface area (Å²) in [6.07, 6.45) is -0.700. The summed E-state index contributed by atoms with van der Waals surface area (Å²) in [5.74, 6) is -1.06. The van der Waals surface area contributed by atoms with E-state index in [9.17, 15) is 14.0 Å². The second-order valence-corrected chi connectivity index (χ2v) is 5.34. The van der Waals surface area contributed by atoms with Crippen LogP contribution in [0.1, 0.15) is 27.7 Å². The Bertz CT molecular complexity index is 497. The van der Waals surface area contributed by atoms with Crippen molar-refractivity contribution < 1.29 is 18.7 Å². The zero-order valence-electron chi connectivity index (χ0n) is 12.0. The number of anilines is 1. The zero-order valence-corrected chi connectivity index (χ0v) is 12.0. The molecule has 110 valence electrons. The van der Waals surface area contributed by atoms with E-state index in [4.69, 9.17) is 4.74 Å². The normalized spacial score (nSPS) is 12.4. The van der Waals surface area contributed by atoms with E-state index >= 15 is 0 Å². The summed E-state index contributed by atoms with van der Waals surface area (Å²) in [6.45, 7) is 6.64. The molecule has 0 aliphatic carbocycles. The van der Waals surface area contributed by atoms with Crippen molar-refractivity contribution in [3.63, 3.8) is 0 Å². The van der Waals surface area contributed by atoms with Gasteiger partial charge < -0.3 is 15.4 Å². The van der Waals surface area contributed by atoms with E-state index in [-0.39, 0.29) is 5.69 Å². The van der Waals surface area contributed by atoms with Gasteiger partial charge in [0.1, 0.15) is 17.5 Å². The molecule has 2 N–H and O–H groups in total. The van der Waals surface area contributed by atoms with Gasteiger partial charge in [0.15, 0.2) is 0 Å². The first kappa shape index (κ1) is 15.9. The van der Waals surface area contributed by atoms with Gasteiger partial charge in [-0.15, -0.1) is 0 Å². The van der Waals surface area contributed by atoms with Gasteiger partial charge >= 0.3 is 6.09 Å². The molecule has 1 atom stereocenters. The van der Waals surface area contributed by atoms with Gasteiger partial charge in [0, 0.05) is 0 Å². The van der Waals surface area contributed by atoms with Crippen LogP contribution in [-0.2, 0) is 9.53 Å². The predicted octanol–water partition coefficient (Wildman–Crippen LogP) is 2.68. The number of amides is 2. The first-order chi connectivity index (χ1) is 9.19. The maximum Gasteiger partial charge on any atom is 0.408 e. The molecule has 20 heavy (non-hydrogen) atoms. The molecule has 2 amide bonds. The second kappa shape index (κ2) is 6.36. The van der Waals surface area contributed by atoms with Gasteiger partial charge in [-0.2, -0.15) is 0 Å². The minimum atomic E-state index is -0.843. The summed E-state index contributed by atoms with van der Waals surface area (Å²) in [4.78, 5) is 23.3. The van der Waals surface area contributed by atoms with Gasteiger partial charge in [-0.05, 0) is 39.8 Å². The average Bonchev–Trinajstić information content (AvgIpc) is 2.29. The van der Waals surface area contributed by atoms with E-state index in [1.807, 2.05) is 0 Å². The van der Waals surface area contributed by atoms with Crippen molar-refractivity contribution >= 4 is 17.7 Å². The van der Waals surface area contributed by atoms with E-state index in [1.54, 1.807) is 26.8 Å². The highest BCUT2D eigenvalue weighted by atomic mass is 19.1. The highest BCUT2D eigenvalue weighted by Gasteiger charge is 2.21. The first-order valence-electron chi connectivity index (χ1n) is 6.24. The van der Waals surface area contributed by atoms with E-state index in [1.165, 1.54) is 25.1 Å². The molecule has 6 heteroatoms. The number of halogens is 1. The molecule has 0 radical (unpaired) electrons. The number of alkyl carbamates (subject to hydrolysis) is 1. The molecule has 1 aromatic rings. The van der Waals surface area contributed by atoms with E-state index in [2.05, 4.69) is 10.6 Å². The Hall–Kier alpha value is -2.11. The number of hydrogen-bond acceptors (Lipinski definition) is 3. The third kappa shape index (κ3) is 5.26. The van der Waals surface area contributed by atoms with Gasteiger partial charge in [-0.3, -0.25) is 4.79 Å².